The fourth-order valence-electron chi connectivity index (χ4n) is 3.24. The van der Waals surface area contributed by atoms with Crippen molar-refractivity contribution in [1.82, 2.24) is 25.9 Å². The molecular weight excluding hydrogens is 490 g/mol. The Bertz CT molecular complexity index is 1180. The van der Waals surface area contributed by atoms with Crippen molar-refractivity contribution in [2.45, 2.75) is 37.9 Å². The van der Waals surface area contributed by atoms with Crippen LogP contribution in [0, 0.1) is 17.0 Å². The zero-order valence-corrected chi connectivity index (χ0v) is 19.8. The van der Waals surface area contributed by atoms with E-state index in [9.17, 15) is 34.4 Å². The number of nitro benzene ring substituents is 1. The van der Waals surface area contributed by atoms with E-state index in [1.165, 1.54) is 30.7 Å². The van der Waals surface area contributed by atoms with Gasteiger partial charge in [-0.05, 0) is 18.6 Å². The Balaban J connectivity index is 2.14. The van der Waals surface area contributed by atoms with E-state index in [-0.39, 0.29) is 17.7 Å². The second-order valence-electron chi connectivity index (χ2n) is 8.09. The number of nitrogens with two attached hydrogens (primary N) is 1. The molecule has 0 fully saturated rings. The number of aromatic amines is 1. The molecule has 0 aliphatic carbocycles. The highest BCUT2D eigenvalue weighted by Crippen LogP contribution is 2.19. The first kappa shape index (κ1) is 28.4. The minimum absolute atomic E-state index is 0.0219. The zero-order valence-electron chi connectivity index (χ0n) is 19.8. The molecular formula is C22H27N7O8. The van der Waals surface area contributed by atoms with E-state index in [0.717, 1.165) is 0 Å². The van der Waals surface area contributed by atoms with Crippen molar-refractivity contribution in [2.24, 2.45) is 5.73 Å². The smallest absolute Gasteiger partial charge is 0.327 e. The number of aliphatic carboxylic acids is 2. The molecule has 1 aromatic heterocycles. The van der Waals surface area contributed by atoms with Gasteiger partial charge >= 0.3 is 11.9 Å². The van der Waals surface area contributed by atoms with Gasteiger partial charge in [0.15, 0.2) is 0 Å². The summed E-state index contributed by atoms with van der Waals surface area (Å²) in [6.07, 6.45) is 2.30. The van der Waals surface area contributed by atoms with Crippen LogP contribution in [0.15, 0.2) is 43.0 Å². The number of aromatic nitrogens is 2. The number of amides is 2. The van der Waals surface area contributed by atoms with Gasteiger partial charge in [-0.25, -0.2) is 9.78 Å². The van der Waals surface area contributed by atoms with Crippen LogP contribution in [0.5, 0.6) is 0 Å². The summed E-state index contributed by atoms with van der Waals surface area (Å²) < 4.78 is 0. The van der Waals surface area contributed by atoms with Crippen LogP contribution in [0.4, 0.5) is 5.69 Å². The van der Waals surface area contributed by atoms with Crippen molar-refractivity contribution >= 4 is 29.4 Å². The molecule has 15 heteroatoms. The van der Waals surface area contributed by atoms with E-state index in [1.807, 2.05) is 0 Å². The van der Waals surface area contributed by atoms with Gasteiger partial charge in [0.2, 0.25) is 5.91 Å². The molecule has 1 heterocycles. The third-order valence-corrected chi connectivity index (χ3v) is 5.17. The van der Waals surface area contributed by atoms with Crippen LogP contribution >= 0.6 is 0 Å². The average molecular weight is 517 g/mol. The third-order valence-electron chi connectivity index (χ3n) is 5.17. The molecule has 2 aromatic rings. The second kappa shape index (κ2) is 12.8. The quantitative estimate of drug-likeness (QED) is 0.124. The van der Waals surface area contributed by atoms with Gasteiger partial charge in [-0.1, -0.05) is 12.6 Å². The van der Waals surface area contributed by atoms with Gasteiger partial charge in [0.25, 0.3) is 11.6 Å². The van der Waals surface area contributed by atoms with Gasteiger partial charge in [-0.2, -0.15) is 0 Å². The maximum Gasteiger partial charge on any atom is 0.327 e. The van der Waals surface area contributed by atoms with Crippen molar-refractivity contribution in [3.05, 3.63) is 69.9 Å². The van der Waals surface area contributed by atoms with Gasteiger partial charge in [0.05, 0.1) is 29.8 Å². The molecule has 3 atom stereocenters. The molecule has 3 unspecified atom stereocenters. The van der Waals surface area contributed by atoms with E-state index >= 15 is 0 Å². The van der Waals surface area contributed by atoms with Crippen LogP contribution in [-0.4, -0.2) is 73.5 Å². The summed E-state index contributed by atoms with van der Waals surface area (Å²) >= 11 is 0. The molecule has 0 bridgehead atoms. The van der Waals surface area contributed by atoms with E-state index < -0.39 is 65.5 Å². The number of rotatable bonds is 14. The number of nitrogens with one attached hydrogen (secondary N) is 4. The summed E-state index contributed by atoms with van der Waals surface area (Å²) in [4.78, 5) is 65.0. The number of carboxylic acid groups (broad SMARTS) is 2. The van der Waals surface area contributed by atoms with Crippen LogP contribution in [-0.2, 0) is 20.8 Å². The Morgan fingerprint density at radius 3 is 2.49 bits per heavy atom. The summed E-state index contributed by atoms with van der Waals surface area (Å²) in [6.45, 7) is 4.94. The normalized spacial score (nSPS) is 13.0. The predicted molar refractivity (Wildman–Crippen MR) is 128 cm³/mol. The van der Waals surface area contributed by atoms with E-state index in [2.05, 4.69) is 32.5 Å². The number of hydrogen-bond acceptors (Lipinski definition) is 9. The summed E-state index contributed by atoms with van der Waals surface area (Å²) in [7, 11) is 0. The number of aryl methyl sites for hydroxylation is 1. The maximum absolute atomic E-state index is 12.6. The van der Waals surface area contributed by atoms with Crippen LogP contribution in [0.3, 0.4) is 0 Å². The van der Waals surface area contributed by atoms with Crippen molar-refractivity contribution < 1.29 is 34.3 Å². The van der Waals surface area contributed by atoms with Crippen LogP contribution in [0.25, 0.3) is 0 Å². The largest absolute Gasteiger partial charge is 0.481 e. The lowest BCUT2D eigenvalue weighted by Crippen LogP contribution is -2.52. The highest BCUT2D eigenvalue weighted by atomic mass is 16.6. The molecule has 37 heavy (non-hydrogen) atoms. The molecule has 0 radical (unpaired) electrons. The number of hydrogen-bond donors (Lipinski definition) is 7. The maximum atomic E-state index is 12.6. The Kier molecular flexibility index (Phi) is 9.83. The number of carbonyl (C=O) groups is 4. The monoisotopic (exact) mass is 517 g/mol. The average Bonchev–Trinajstić information content (AvgIpc) is 3.33. The van der Waals surface area contributed by atoms with E-state index in [4.69, 9.17) is 10.8 Å². The topological polar surface area (TPSA) is 243 Å². The summed E-state index contributed by atoms with van der Waals surface area (Å²) in [5.41, 5.74) is 6.11. The lowest BCUT2D eigenvalue weighted by atomic mass is 10.1. The third kappa shape index (κ3) is 8.43. The highest BCUT2D eigenvalue weighted by molar-refractivity contribution is 5.98. The molecule has 0 aliphatic rings. The molecule has 0 spiro atoms. The summed E-state index contributed by atoms with van der Waals surface area (Å²) in [5, 5.41) is 37.3. The number of imidazole rings is 1. The molecule has 0 saturated carbocycles. The number of carboxylic acids is 2. The number of H-pyrrole nitrogens is 1. The van der Waals surface area contributed by atoms with Crippen molar-refractivity contribution in [1.29, 1.82) is 0 Å². The number of nitro groups is 1. The van der Waals surface area contributed by atoms with Crippen LogP contribution < -0.4 is 21.7 Å². The molecule has 15 nitrogen and oxygen atoms in total. The lowest BCUT2D eigenvalue weighted by Gasteiger charge is -2.26. The van der Waals surface area contributed by atoms with Crippen LogP contribution in [0.1, 0.15) is 28.0 Å². The Morgan fingerprint density at radius 1 is 1.22 bits per heavy atom. The van der Waals surface area contributed by atoms with Gasteiger partial charge in [-0.3, -0.25) is 24.5 Å². The number of benzene rings is 1. The number of carbonyl (C=O) groups excluding carboxylic acids is 2. The molecule has 1 aromatic carbocycles. The predicted octanol–water partition coefficient (Wildman–Crippen LogP) is -0.558. The molecule has 2 amide bonds. The Hall–Kier alpha value is -4.79. The molecule has 2 rings (SSSR count). The first-order chi connectivity index (χ1) is 17.4. The summed E-state index contributed by atoms with van der Waals surface area (Å²) in [5.74, 6) is -4.31. The minimum atomic E-state index is -1.44. The first-order valence-corrected chi connectivity index (χ1v) is 10.8. The lowest BCUT2D eigenvalue weighted by molar-refractivity contribution is -0.385. The van der Waals surface area contributed by atoms with Crippen molar-refractivity contribution in [2.75, 3.05) is 6.54 Å². The zero-order chi connectivity index (χ0) is 27.7. The van der Waals surface area contributed by atoms with Gasteiger partial charge in [0.1, 0.15) is 11.6 Å². The molecule has 198 valence electrons. The second-order valence-corrected chi connectivity index (χ2v) is 8.09. The van der Waals surface area contributed by atoms with E-state index in [1.54, 1.807) is 6.92 Å². The standard InChI is InChI=1S/C22H27N7O8/c1-11-3-4-18(29(36)37)14(5-11)20(32)25-9-17(22(34)35)27-12(2)16(6-13-8-24-10-26-13)28-21(33)15(23)7-19(30)31/h3-5,8,10,15-17,27H,2,6-7,9,23H2,1H3,(H,24,26)(H,25,32)(H,28,33)(H,30,31)(H,34,35). The van der Waals surface area contributed by atoms with Crippen molar-refractivity contribution in [3.8, 4) is 0 Å². The Labute approximate surface area is 210 Å². The van der Waals surface area contributed by atoms with Gasteiger partial charge in [-0.15, -0.1) is 0 Å². The van der Waals surface area contributed by atoms with Gasteiger partial charge < -0.3 is 36.9 Å². The SMILES string of the molecule is C=C(NC(CNC(=O)c1cc(C)ccc1[N+](=O)[O-])C(=O)O)C(Cc1cnc[nH]1)NC(=O)C(N)CC(=O)O. The first-order valence-electron chi connectivity index (χ1n) is 10.8. The molecule has 8 N–H and O–H groups in total. The van der Waals surface area contributed by atoms with Crippen LogP contribution in [0.2, 0.25) is 0 Å². The van der Waals surface area contributed by atoms with Crippen molar-refractivity contribution in [3.63, 3.8) is 0 Å². The minimum Gasteiger partial charge on any atom is -0.481 e. The fourth-order valence-corrected chi connectivity index (χ4v) is 3.24. The number of nitrogens with zero attached hydrogens (tertiary/aromatic N) is 2. The summed E-state index contributed by atoms with van der Waals surface area (Å²) in [6, 6.07) is 0.214. The fraction of sp³-hybridized carbons (Fsp3) is 0.318. The highest BCUT2D eigenvalue weighted by Gasteiger charge is 2.27. The van der Waals surface area contributed by atoms with Gasteiger partial charge in [0, 0.05) is 36.6 Å². The molecule has 0 aliphatic heterocycles. The van der Waals surface area contributed by atoms with E-state index in [0.29, 0.717) is 11.3 Å². The molecule has 0 saturated heterocycles. The Morgan fingerprint density at radius 2 is 1.92 bits per heavy atom.